The van der Waals surface area contributed by atoms with Crippen LogP contribution in [0.25, 0.3) is 21.9 Å². The van der Waals surface area contributed by atoms with Crippen LogP contribution in [0.4, 0.5) is 0 Å². The fraction of sp³-hybridized carbons (Fsp3) is 0.143. The van der Waals surface area contributed by atoms with Gasteiger partial charge >= 0.3 is 0 Å². The third-order valence-electron chi connectivity index (χ3n) is 2.93. The van der Waals surface area contributed by atoms with Gasteiger partial charge in [0, 0.05) is 16.8 Å². The van der Waals surface area contributed by atoms with Crippen LogP contribution in [0.3, 0.4) is 0 Å². The molecule has 3 rings (SSSR count). The number of rotatable bonds is 1. The normalized spacial score (nSPS) is 12.6. The monoisotopic (exact) mass is 247 g/mol. The Hall–Kier alpha value is -1.51. The van der Waals surface area contributed by atoms with Crippen LogP contribution in [0.1, 0.15) is 18.5 Å². The highest BCUT2D eigenvalue weighted by molar-refractivity contribution is 6.04. The zero-order valence-electron chi connectivity index (χ0n) is 9.51. The molecule has 1 atom stereocenters. The zero-order chi connectivity index (χ0) is 11.1. The second-order valence-electron chi connectivity index (χ2n) is 4.14. The fourth-order valence-electron chi connectivity index (χ4n) is 2.03. The van der Waals surface area contributed by atoms with Gasteiger partial charge in [-0.3, -0.25) is 0 Å². The summed E-state index contributed by atoms with van der Waals surface area (Å²) in [7, 11) is 0. The first-order valence-electron chi connectivity index (χ1n) is 5.42. The van der Waals surface area contributed by atoms with Crippen LogP contribution in [0.5, 0.6) is 0 Å². The SMILES string of the molecule is CC(N)c1ccc2oc3ccccc3c2c1.Cl. The van der Waals surface area contributed by atoms with E-state index in [1.54, 1.807) is 0 Å². The number of hydrogen-bond donors (Lipinski definition) is 1. The Morgan fingerprint density at radius 3 is 2.47 bits per heavy atom. The van der Waals surface area contributed by atoms with E-state index in [4.69, 9.17) is 10.2 Å². The van der Waals surface area contributed by atoms with Crippen LogP contribution in [-0.4, -0.2) is 0 Å². The van der Waals surface area contributed by atoms with Crippen molar-refractivity contribution in [1.82, 2.24) is 0 Å². The molecule has 0 saturated heterocycles. The van der Waals surface area contributed by atoms with Crippen molar-refractivity contribution in [3.05, 3.63) is 48.0 Å². The molecule has 0 spiro atoms. The minimum atomic E-state index is 0. The van der Waals surface area contributed by atoms with Gasteiger partial charge in [0.05, 0.1) is 0 Å². The Balaban J connectivity index is 0.00000108. The summed E-state index contributed by atoms with van der Waals surface area (Å²) < 4.78 is 5.75. The number of halogens is 1. The number of fused-ring (bicyclic) bond motifs is 3. The summed E-state index contributed by atoms with van der Waals surface area (Å²) in [5.41, 5.74) is 8.88. The number of hydrogen-bond acceptors (Lipinski definition) is 2. The maximum absolute atomic E-state index is 5.89. The second-order valence-corrected chi connectivity index (χ2v) is 4.14. The van der Waals surface area contributed by atoms with Gasteiger partial charge in [0.15, 0.2) is 0 Å². The van der Waals surface area contributed by atoms with Crippen molar-refractivity contribution in [2.45, 2.75) is 13.0 Å². The molecule has 0 aliphatic rings. The smallest absolute Gasteiger partial charge is 0.135 e. The van der Waals surface area contributed by atoms with Crippen molar-refractivity contribution in [1.29, 1.82) is 0 Å². The Morgan fingerprint density at radius 1 is 1.00 bits per heavy atom. The molecule has 0 aliphatic heterocycles. The molecule has 3 aromatic rings. The Labute approximate surface area is 106 Å². The van der Waals surface area contributed by atoms with E-state index in [0.29, 0.717) is 0 Å². The average Bonchev–Trinajstić information content (AvgIpc) is 2.66. The minimum absolute atomic E-state index is 0. The summed E-state index contributed by atoms with van der Waals surface area (Å²) in [5.74, 6) is 0. The zero-order valence-corrected chi connectivity index (χ0v) is 10.3. The van der Waals surface area contributed by atoms with Crippen molar-refractivity contribution in [3.8, 4) is 0 Å². The molecule has 0 radical (unpaired) electrons. The van der Waals surface area contributed by atoms with Gasteiger partial charge in [-0.05, 0) is 30.7 Å². The van der Waals surface area contributed by atoms with Crippen LogP contribution in [0.2, 0.25) is 0 Å². The van der Waals surface area contributed by atoms with E-state index in [0.717, 1.165) is 27.5 Å². The summed E-state index contributed by atoms with van der Waals surface area (Å²) in [4.78, 5) is 0. The summed E-state index contributed by atoms with van der Waals surface area (Å²) in [6.45, 7) is 1.99. The second kappa shape index (κ2) is 4.40. The molecule has 0 bridgehead atoms. The van der Waals surface area contributed by atoms with Crippen molar-refractivity contribution in [2.75, 3.05) is 0 Å². The molecule has 0 saturated carbocycles. The van der Waals surface area contributed by atoms with Gasteiger partial charge in [-0.25, -0.2) is 0 Å². The van der Waals surface area contributed by atoms with E-state index in [-0.39, 0.29) is 18.4 Å². The first-order chi connectivity index (χ1) is 7.75. The molecule has 1 aromatic heterocycles. The van der Waals surface area contributed by atoms with Crippen molar-refractivity contribution in [2.24, 2.45) is 5.73 Å². The summed E-state index contributed by atoms with van der Waals surface area (Å²) in [5, 5.41) is 2.30. The van der Waals surface area contributed by atoms with Crippen molar-refractivity contribution < 1.29 is 4.42 Å². The number of benzene rings is 2. The standard InChI is InChI=1S/C14H13NO.ClH/c1-9(15)10-6-7-14-12(8-10)11-4-2-3-5-13(11)16-14;/h2-9H,15H2,1H3;1H. The molecule has 2 N–H and O–H groups in total. The predicted octanol–water partition coefficient (Wildman–Crippen LogP) is 4.03. The Bertz CT molecular complexity index is 657. The lowest BCUT2D eigenvalue weighted by Crippen LogP contribution is -2.04. The molecule has 1 unspecified atom stereocenters. The largest absolute Gasteiger partial charge is 0.456 e. The quantitative estimate of drug-likeness (QED) is 0.705. The molecular weight excluding hydrogens is 234 g/mol. The fourth-order valence-corrected chi connectivity index (χ4v) is 2.03. The topological polar surface area (TPSA) is 39.2 Å². The lowest BCUT2D eigenvalue weighted by molar-refractivity contribution is 0.668. The molecule has 0 aliphatic carbocycles. The van der Waals surface area contributed by atoms with Gasteiger partial charge in [0.1, 0.15) is 11.2 Å². The van der Waals surface area contributed by atoms with E-state index in [1.165, 1.54) is 0 Å². The van der Waals surface area contributed by atoms with Gasteiger partial charge in [-0.2, -0.15) is 0 Å². The summed E-state index contributed by atoms with van der Waals surface area (Å²) in [6, 6.07) is 14.3. The Kier molecular flexibility index (Phi) is 3.09. The first kappa shape index (κ1) is 12.0. The van der Waals surface area contributed by atoms with E-state index >= 15 is 0 Å². The van der Waals surface area contributed by atoms with Gasteiger partial charge in [0.2, 0.25) is 0 Å². The minimum Gasteiger partial charge on any atom is -0.456 e. The number of para-hydroxylation sites is 1. The van der Waals surface area contributed by atoms with Gasteiger partial charge in [-0.15, -0.1) is 12.4 Å². The van der Waals surface area contributed by atoms with Crippen molar-refractivity contribution in [3.63, 3.8) is 0 Å². The third-order valence-corrected chi connectivity index (χ3v) is 2.93. The predicted molar refractivity (Wildman–Crippen MR) is 73.6 cm³/mol. The van der Waals surface area contributed by atoms with Gasteiger partial charge in [-0.1, -0.05) is 24.3 Å². The van der Waals surface area contributed by atoms with E-state index in [9.17, 15) is 0 Å². The van der Waals surface area contributed by atoms with Crippen LogP contribution >= 0.6 is 12.4 Å². The van der Waals surface area contributed by atoms with Gasteiger partial charge in [0.25, 0.3) is 0 Å². The maximum atomic E-state index is 5.89. The van der Waals surface area contributed by atoms with Crippen LogP contribution in [-0.2, 0) is 0 Å². The van der Waals surface area contributed by atoms with Crippen LogP contribution in [0.15, 0.2) is 46.9 Å². The molecular formula is C14H14ClNO. The molecule has 2 nitrogen and oxygen atoms in total. The summed E-state index contributed by atoms with van der Waals surface area (Å²) in [6.07, 6.45) is 0. The molecule has 88 valence electrons. The lowest BCUT2D eigenvalue weighted by Gasteiger charge is -2.04. The highest BCUT2D eigenvalue weighted by Gasteiger charge is 2.07. The van der Waals surface area contributed by atoms with E-state index in [1.807, 2.05) is 37.3 Å². The lowest BCUT2D eigenvalue weighted by atomic mass is 10.1. The molecule has 17 heavy (non-hydrogen) atoms. The van der Waals surface area contributed by atoms with Gasteiger partial charge < -0.3 is 10.2 Å². The molecule has 0 amide bonds. The maximum Gasteiger partial charge on any atom is 0.135 e. The molecule has 1 heterocycles. The first-order valence-corrected chi connectivity index (χ1v) is 5.42. The van der Waals surface area contributed by atoms with Crippen molar-refractivity contribution >= 4 is 34.3 Å². The van der Waals surface area contributed by atoms with Crippen LogP contribution < -0.4 is 5.73 Å². The number of nitrogens with two attached hydrogens (primary N) is 1. The molecule has 0 fully saturated rings. The third kappa shape index (κ3) is 1.90. The summed E-state index contributed by atoms with van der Waals surface area (Å²) >= 11 is 0. The van der Waals surface area contributed by atoms with E-state index < -0.39 is 0 Å². The molecule has 2 aromatic carbocycles. The molecule has 3 heteroatoms. The highest BCUT2D eigenvalue weighted by Crippen LogP contribution is 2.30. The van der Waals surface area contributed by atoms with Crippen LogP contribution in [0, 0.1) is 0 Å². The average molecular weight is 248 g/mol. The Morgan fingerprint density at radius 2 is 1.71 bits per heavy atom. The van der Waals surface area contributed by atoms with E-state index in [2.05, 4.69) is 12.1 Å². The highest BCUT2D eigenvalue weighted by atomic mass is 35.5. The number of furan rings is 1.